The number of rotatable bonds is 4. The number of sulfonamides is 1. The van der Waals surface area contributed by atoms with Crippen LogP contribution < -0.4 is 0 Å². The van der Waals surface area contributed by atoms with Crippen molar-refractivity contribution in [2.24, 2.45) is 0 Å². The fourth-order valence-corrected chi connectivity index (χ4v) is 4.25. The van der Waals surface area contributed by atoms with E-state index < -0.39 is 16.0 Å². The SMILES string of the molecule is COC(=O)c1cccc(C(=O)N2CCN(S(=O)(=O)c3ccccc3)CC2)n1. The number of hydrogen-bond donors (Lipinski definition) is 0. The number of hydrogen-bond acceptors (Lipinski definition) is 6. The van der Waals surface area contributed by atoms with Gasteiger partial charge in [-0.15, -0.1) is 0 Å². The van der Waals surface area contributed by atoms with E-state index in [1.54, 1.807) is 36.4 Å². The molecule has 1 aliphatic rings. The minimum Gasteiger partial charge on any atom is -0.464 e. The number of methoxy groups -OCH3 is 1. The summed E-state index contributed by atoms with van der Waals surface area (Å²) < 4.78 is 31.3. The predicted molar refractivity (Wildman–Crippen MR) is 96.7 cm³/mol. The summed E-state index contributed by atoms with van der Waals surface area (Å²) in [6, 6.07) is 12.7. The first kappa shape index (κ1) is 19.0. The average molecular weight is 389 g/mol. The molecule has 2 heterocycles. The van der Waals surface area contributed by atoms with E-state index in [-0.39, 0.29) is 48.4 Å². The third kappa shape index (κ3) is 3.99. The monoisotopic (exact) mass is 389 g/mol. The molecule has 0 saturated carbocycles. The van der Waals surface area contributed by atoms with E-state index >= 15 is 0 Å². The highest BCUT2D eigenvalue weighted by atomic mass is 32.2. The maximum absolute atomic E-state index is 12.6. The van der Waals surface area contributed by atoms with Gasteiger partial charge in [0.1, 0.15) is 11.4 Å². The molecular weight excluding hydrogens is 370 g/mol. The Balaban J connectivity index is 1.69. The molecule has 3 rings (SSSR count). The fraction of sp³-hybridized carbons (Fsp3) is 0.278. The Morgan fingerprint density at radius 2 is 1.56 bits per heavy atom. The second-order valence-electron chi connectivity index (χ2n) is 5.91. The molecule has 27 heavy (non-hydrogen) atoms. The molecule has 1 saturated heterocycles. The molecule has 0 bridgehead atoms. The number of esters is 1. The predicted octanol–water partition coefficient (Wildman–Crippen LogP) is 1.01. The molecule has 1 amide bonds. The largest absolute Gasteiger partial charge is 0.464 e. The second-order valence-corrected chi connectivity index (χ2v) is 7.85. The van der Waals surface area contributed by atoms with E-state index in [0.717, 1.165) is 0 Å². The van der Waals surface area contributed by atoms with E-state index in [1.165, 1.54) is 28.4 Å². The molecule has 8 nitrogen and oxygen atoms in total. The first-order valence-electron chi connectivity index (χ1n) is 8.33. The molecule has 0 spiro atoms. The lowest BCUT2D eigenvalue weighted by Crippen LogP contribution is -2.50. The van der Waals surface area contributed by atoms with Crippen LogP contribution in [0, 0.1) is 0 Å². The van der Waals surface area contributed by atoms with Gasteiger partial charge in [-0.1, -0.05) is 24.3 Å². The molecule has 0 N–H and O–H groups in total. The number of nitrogens with zero attached hydrogens (tertiary/aromatic N) is 3. The highest BCUT2D eigenvalue weighted by Crippen LogP contribution is 2.18. The Morgan fingerprint density at radius 3 is 2.19 bits per heavy atom. The highest BCUT2D eigenvalue weighted by molar-refractivity contribution is 7.89. The van der Waals surface area contributed by atoms with Gasteiger partial charge in [0.2, 0.25) is 10.0 Å². The van der Waals surface area contributed by atoms with Crippen molar-refractivity contribution in [1.82, 2.24) is 14.2 Å². The van der Waals surface area contributed by atoms with Crippen molar-refractivity contribution in [3.63, 3.8) is 0 Å². The third-order valence-corrected chi connectivity index (χ3v) is 6.18. The zero-order valence-corrected chi connectivity index (χ0v) is 15.6. The van der Waals surface area contributed by atoms with Crippen molar-refractivity contribution < 1.29 is 22.7 Å². The number of aromatic nitrogens is 1. The van der Waals surface area contributed by atoms with E-state index in [4.69, 9.17) is 0 Å². The molecule has 9 heteroatoms. The van der Waals surface area contributed by atoms with Crippen LogP contribution in [0.1, 0.15) is 21.0 Å². The minimum atomic E-state index is -3.58. The smallest absolute Gasteiger partial charge is 0.356 e. The van der Waals surface area contributed by atoms with Crippen molar-refractivity contribution in [1.29, 1.82) is 0 Å². The zero-order chi connectivity index (χ0) is 19.4. The van der Waals surface area contributed by atoms with Crippen LogP contribution in [-0.2, 0) is 14.8 Å². The summed E-state index contributed by atoms with van der Waals surface area (Å²) in [7, 11) is -2.34. The molecular formula is C18H19N3O5S. The molecule has 1 aliphatic heterocycles. The van der Waals surface area contributed by atoms with Gasteiger partial charge in [-0.2, -0.15) is 4.31 Å². The van der Waals surface area contributed by atoms with Crippen LogP contribution in [0.4, 0.5) is 0 Å². The van der Waals surface area contributed by atoms with Gasteiger partial charge in [0.05, 0.1) is 12.0 Å². The summed E-state index contributed by atoms with van der Waals surface area (Å²) in [4.78, 5) is 30.0. The lowest BCUT2D eigenvalue weighted by molar-refractivity contribution is 0.0593. The Hall–Kier alpha value is -2.78. The summed E-state index contributed by atoms with van der Waals surface area (Å²) in [6.45, 7) is 0.878. The van der Waals surface area contributed by atoms with Crippen LogP contribution in [-0.4, -0.2) is 67.8 Å². The van der Waals surface area contributed by atoms with E-state index in [1.807, 2.05) is 0 Å². The van der Waals surface area contributed by atoms with Gasteiger partial charge in [0, 0.05) is 26.2 Å². The van der Waals surface area contributed by atoms with Crippen molar-refractivity contribution >= 4 is 21.9 Å². The summed E-state index contributed by atoms with van der Waals surface area (Å²) in [5.41, 5.74) is 0.172. The number of benzene rings is 1. The number of amides is 1. The number of pyridine rings is 1. The van der Waals surface area contributed by atoms with Crippen LogP contribution >= 0.6 is 0 Å². The van der Waals surface area contributed by atoms with Gasteiger partial charge in [-0.25, -0.2) is 18.2 Å². The molecule has 2 aromatic rings. The van der Waals surface area contributed by atoms with Gasteiger partial charge in [0.25, 0.3) is 5.91 Å². The fourth-order valence-electron chi connectivity index (χ4n) is 2.81. The molecule has 0 aliphatic carbocycles. The van der Waals surface area contributed by atoms with Crippen molar-refractivity contribution in [3.8, 4) is 0 Å². The van der Waals surface area contributed by atoms with Crippen molar-refractivity contribution in [2.75, 3.05) is 33.3 Å². The lowest BCUT2D eigenvalue weighted by atomic mass is 10.2. The Bertz CT molecular complexity index is 938. The summed E-state index contributed by atoms with van der Waals surface area (Å²) >= 11 is 0. The maximum atomic E-state index is 12.6. The summed E-state index contributed by atoms with van der Waals surface area (Å²) in [6.07, 6.45) is 0. The summed E-state index contributed by atoms with van der Waals surface area (Å²) in [5.74, 6) is -0.971. The number of ether oxygens (including phenoxy) is 1. The Labute approximate surface area is 157 Å². The first-order chi connectivity index (χ1) is 12.9. The van der Waals surface area contributed by atoms with Crippen molar-refractivity contribution in [2.45, 2.75) is 4.90 Å². The first-order valence-corrected chi connectivity index (χ1v) is 9.77. The molecule has 1 aromatic heterocycles. The minimum absolute atomic E-state index is 0.0497. The van der Waals surface area contributed by atoms with Gasteiger partial charge in [-0.05, 0) is 24.3 Å². The zero-order valence-electron chi connectivity index (χ0n) is 14.7. The Morgan fingerprint density at radius 1 is 0.926 bits per heavy atom. The van der Waals surface area contributed by atoms with E-state index in [0.29, 0.717) is 0 Å². The van der Waals surface area contributed by atoms with E-state index in [9.17, 15) is 18.0 Å². The van der Waals surface area contributed by atoms with Crippen LogP contribution in [0.2, 0.25) is 0 Å². The van der Waals surface area contributed by atoms with Crippen LogP contribution in [0.5, 0.6) is 0 Å². The summed E-state index contributed by atoms with van der Waals surface area (Å²) in [5, 5.41) is 0. The number of carbonyl (C=O) groups is 2. The van der Waals surface area contributed by atoms with Crippen LogP contribution in [0.15, 0.2) is 53.4 Å². The number of carbonyl (C=O) groups excluding carboxylic acids is 2. The van der Waals surface area contributed by atoms with E-state index in [2.05, 4.69) is 9.72 Å². The number of piperazine rings is 1. The van der Waals surface area contributed by atoms with Gasteiger partial charge < -0.3 is 9.64 Å². The van der Waals surface area contributed by atoms with Crippen LogP contribution in [0.3, 0.4) is 0 Å². The second kappa shape index (κ2) is 7.85. The lowest BCUT2D eigenvalue weighted by Gasteiger charge is -2.33. The maximum Gasteiger partial charge on any atom is 0.356 e. The normalized spacial score (nSPS) is 15.4. The van der Waals surface area contributed by atoms with Gasteiger partial charge in [0.15, 0.2) is 0 Å². The molecule has 0 radical (unpaired) electrons. The average Bonchev–Trinajstić information content (AvgIpc) is 2.73. The highest BCUT2D eigenvalue weighted by Gasteiger charge is 2.30. The molecule has 0 atom stereocenters. The molecule has 142 valence electrons. The third-order valence-electron chi connectivity index (χ3n) is 4.27. The quantitative estimate of drug-likeness (QED) is 0.724. The molecule has 1 fully saturated rings. The topological polar surface area (TPSA) is 96.9 Å². The molecule has 0 unspecified atom stereocenters. The van der Waals surface area contributed by atoms with Gasteiger partial charge >= 0.3 is 5.97 Å². The molecule has 1 aromatic carbocycles. The standard InChI is InChI=1S/C18H19N3O5S/c1-26-18(23)16-9-5-8-15(19-16)17(22)20-10-12-21(13-11-20)27(24,25)14-6-3-2-4-7-14/h2-9H,10-13H2,1H3. The van der Waals surface area contributed by atoms with Gasteiger partial charge in [-0.3, -0.25) is 4.79 Å². The van der Waals surface area contributed by atoms with Crippen LogP contribution in [0.25, 0.3) is 0 Å². The van der Waals surface area contributed by atoms with Crippen molar-refractivity contribution in [3.05, 3.63) is 59.9 Å². The Kier molecular flexibility index (Phi) is 5.52.